The molecule has 0 radical (unpaired) electrons. The van der Waals surface area contributed by atoms with E-state index in [9.17, 15) is 9.18 Å². The molecule has 15 heavy (non-hydrogen) atoms. The first kappa shape index (κ1) is 11.7. The van der Waals surface area contributed by atoms with Crippen LogP contribution in [-0.4, -0.2) is 12.6 Å². The van der Waals surface area contributed by atoms with Crippen LogP contribution in [0, 0.1) is 11.7 Å². The molecule has 1 unspecified atom stereocenters. The van der Waals surface area contributed by atoms with Gasteiger partial charge in [0.25, 0.3) is 0 Å². The lowest BCUT2D eigenvalue weighted by molar-refractivity contribution is -0.147. The molecule has 0 fully saturated rings. The molecule has 0 aliphatic rings. The van der Waals surface area contributed by atoms with Crippen LogP contribution in [0.15, 0.2) is 24.3 Å². The molecule has 0 aliphatic carbocycles. The zero-order valence-electron chi connectivity index (χ0n) is 9.00. The van der Waals surface area contributed by atoms with Crippen LogP contribution in [0.2, 0.25) is 0 Å². The molecule has 0 bridgehead atoms. The second kappa shape index (κ2) is 5.49. The van der Waals surface area contributed by atoms with E-state index in [1.54, 1.807) is 26.0 Å². The number of carbonyl (C=O) groups is 1. The first-order valence-electron chi connectivity index (χ1n) is 5.04. The lowest BCUT2D eigenvalue weighted by Crippen LogP contribution is -2.16. The highest BCUT2D eigenvalue weighted by molar-refractivity contribution is 5.72. The van der Waals surface area contributed by atoms with Gasteiger partial charge in [-0.05, 0) is 31.0 Å². The second-order valence-electron chi connectivity index (χ2n) is 3.48. The van der Waals surface area contributed by atoms with Crippen molar-refractivity contribution in [2.75, 3.05) is 6.61 Å². The summed E-state index contributed by atoms with van der Waals surface area (Å²) >= 11 is 0. The molecule has 2 nitrogen and oxygen atoms in total. The van der Waals surface area contributed by atoms with Gasteiger partial charge in [0.2, 0.25) is 0 Å². The lowest BCUT2D eigenvalue weighted by atomic mass is 10.0. The standard InChI is InChI=1S/C12H15FO2/c1-3-15-12(14)9(2)8-10-4-6-11(13)7-5-10/h4-7,9H,3,8H2,1-2H3. The van der Waals surface area contributed by atoms with E-state index in [-0.39, 0.29) is 17.7 Å². The van der Waals surface area contributed by atoms with Crippen molar-refractivity contribution in [2.45, 2.75) is 20.3 Å². The van der Waals surface area contributed by atoms with Gasteiger partial charge in [-0.15, -0.1) is 0 Å². The van der Waals surface area contributed by atoms with Crippen LogP contribution in [0.3, 0.4) is 0 Å². The van der Waals surface area contributed by atoms with Crippen LogP contribution in [0.1, 0.15) is 19.4 Å². The first-order chi connectivity index (χ1) is 7.13. The molecule has 1 aromatic carbocycles. The molecule has 0 aliphatic heterocycles. The molecule has 0 aromatic heterocycles. The molecule has 3 heteroatoms. The minimum Gasteiger partial charge on any atom is -0.466 e. The summed E-state index contributed by atoms with van der Waals surface area (Å²) in [5, 5.41) is 0. The van der Waals surface area contributed by atoms with E-state index < -0.39 is 0 Å². The number of esters is 1. The number of benzene rings is 1. The Bertz CT molecular complexity index is 319. The molecule has 1 aromatic rings. The normalized spacial score (nSPS) is 12.2. The summed E-state index contributed by atoms with van der Waals surface area (Å²) in [5.41, 5.74) is 0.942. The summed E-state index contributed by atoms with van der Waals surface area (Å²) in [6.45, 7) is 3.98. The molecule has 82 valence electrons. The Hall–Kier alpha value is -1.38. The van der Waals surface area contributed by atoms with Gasteiger partial charge in [-0.25, -0.2) is 4.39 Å². The summed E-state index contributed by atoms with van der Waals surface area (Å²) in [6, 6.07) is 6.16. The topological polar surface area (TPSA) is 26.3 Å². The monoisotopic (exact) mass is 210 g/mol. The third kappa shape index (κ3) is 3.70. The van der Waals surface area contributed by atoms with Crippen molar-refractivity contribution in [3.05, 3.63) is 35.6 Å². The number of halogens is 1. The van der Waals surface area contributed by atoms with Gasteiger partial charge in [0, 0.05) is 0 Å². The summed E-state index contributed by atoms with van der Waals surface area (Å²) in [7, 11) is 0. The predicted molar refractivity (Wildman–Crippen MR) is 55.9 cm³/mol. The molecule has 0 N–H and O–H groups in total. The average Bonchev–Trinajstić information content (AvgIpc) is 2.22. The van der Waals surface area contributed by atoms with E-state index in [4.69, 9.17) is 4.74 Å². The Balaban J connectivity index is 2.54. The fourth-order valence-electron chi connectivity index (χ4n) is 1.34. The van der Waals surface area contributed by atoms with Gasteiger partial charge >= 0.3 is 5.97 Å². The first-order valence-corrected chi connectivity index (χ1v) is 5.04. The molecule has 1 atom stereocenters. The third-order valence-electron chi connectivity index (χ3n) is 2.14. The molecular weight excluding hydrogens is 195 g/mol. The van der Waals surface area contributed by atoms with Crippen LogP contribution < -0.4 is 0 Å². The lowest BCUT2D eigenvalue weighted by Gasteiger charge is -2.10. The molecule has 0 spiro atoms. The Morgan fingerprint density at radius 2 is 2.00 bits per heavy atom. The number of rotatable bonds is 4. The van der Waals surface area contributed by atoms with Gasteiger partial charge in [0.15, 0.2) is 0 Å². The molecule has 0 amide bonds. The third-order valence-corrected chi connectivity index (χ3v) is 2.14. The van der Waals surface area contributed by atoms with Crippen LogP contribution in [0.25, 0.3) is 0 Å². The maximum atomic E-state index is 12.6. The van der Waals surface area contributed by atoms with E-state index in [0.29, 0.717) is 13.0 Å². The Morgan fingerprint density at radius 1 is 1.40 bits per heavy atom. The van der Waals surface area contributed by atoms with Gasteiger partial charge in [-0.3, -0.25) is 4.79 Å². The fraction of sp³-hybridized carbons (Fsp3) is 0.417. The minimum absolute atomic E-state index is 0.185. The second-order valence-corrected chi connectivity index (χ2v) is 3.48. The van der Waals surface area contributed by atoms with Crippen molar-refractivity contribution < 1.29 is 13.9 Å². The van der Waals surface area contributed by atoms with E-state index in [2.05, 4.69) is 0 Å². The number of carbonyl (C=O) groups excluding carboxylic acids is 1. The largest absolute Gasteiger partial charge is 0.466 e. The zero-order valence-corrected chi connectivity index (χ0v) is 9.00. The number of ether oxygens (including phenoxy) is 1. The van der Waals surface area contributed by atoms with E-state index in [0.717, 1.165) is 5.56 Å². The van der Waals surface area contributed by atoms with Crippen LogP contribution in [0.5, 0.6) is 0 Å². The number of hydrogen-bond acceptors (Lipinski definition) is 2. The predicted octanol–water partition coefficient (Wildman–Crippen LogP) is 2.57. The van der Waals surface area contributed by atoms with Crippen molar-refractivity contribution in [1.82, 2.24) is 0 Å². The van der Waals surface area contributed by atoms with E-state index >= 15 is 0 Å². The van der Waals surface area contributed by atoms with Gasteiger partial charge < -0.3 is 4.74 Å². The highest BCUT2D eigenvalue weighted by atomic mass is 19.1. The Morgan fingerprint density at radius 3 is 2.53 bits per heavy atom. The molecular formula is C12H15FO2. The van der Waals surface area contributed by atoms with Crippen LogP contribution >= 0.6 is 0 Å². The van der Waals surface area contributed by atoms with Crippen molar-refractivity contribution in [3.63, 3.8) is 0 Å². The van der Waals surface area contributed by atoms with Gasteiger partial charge in [-0.1, -0.05) is 19.1 Å². The minimum atomic E-state index is -0.262. The summed E-state index contributed by atoms with van der Waals surface area (Å²) < 4.78 is 17.5. The number of hydrogen-bond donors (Lipinski definition) is 0. The smallest absolute Gasteiger partial charge is 0.308 e. The summed E-state index contributed by atoms with van der Waals surface area (Å²) in [6.07, 6.45) is 0.582. The zero-order chi connectivity index (χ0) is 11.3. The highest BCUT2D eigenvalue weighted by Crippen LogP contribution is 2.10. The van der Waals surface area contributed by atoms with Gasteiger partial charge in [0.05, 0.1) is 12.5 Å². The molecule has 0 saturated heterocycles. The van der Waals surface area contributed by atoms with E-state index in [1.165, 1.54) is 12.1 Å². The Labute approximate surface area is 89.1 Å². The van der Waals surface area contributed by atoms with E-state index in [1.807, 2.05) is 0 Å². The molecule has 0 saturated carbocycles. The van der Waals surface area contributed by atoms with Gasteiger partial charge in [0.1, 0.15) is 5.82 Å². The SMILES string of the molecule is CCOC(=O)C(C)Cc1ccc(F)cc1. The Kier molecular flexibility index (Phi) is 4.28. The molecule has 1 rings (SSSR count). The maximum absolute atomic E-state index is 12.6. The maximum Gasteiger partial charge on any atom is 0.308 e. The molecule has 0 heterocycles. The average molecular weight is 210 g/mol. The van der Waals surface area contributed by atoms with Crippen molar-refractivity contribution in [3.8, 4) is 0 Å². The van der Waals surface area contributed by atoms with Crippen molar-refractivity contribution >= 4 is 5.97 Å². The quantitative estimate of drug-likeness (QED) is 0.714. The van der Waals surface area contributed by atoms with Crippen molar-refractivity contribution in [1.29, 1.82) is 0 Å². The van der Waals surface area contributed by atoms with Crippen LogP contribution in [0.4, 0.5) is 4.39 Å². The van der Waals surface area contributed by atoms with Gasteiger partial charge in [-0.2, -0.15) is 0 Å². The van der Waals surface area contributed by atoms with Crippen molar-refractivity contribution in [2.24, 2.45) is 5.92 Å². The summed E-state index contributed by atoms with van der Waals surface area (Å²) in [5.74, 6) is -0.653. The summed E-state index contributed by atoms with van der Waals surface area (Å²) in [4.78, 5) is 11.3. The fourth-order valence-corrected chi connectivity index (χ4v) is 1.34. The highest BCUT2D eigenvalue weighted by Gasteiger charge is 2.14. The van der Waals surface area contributed by atoms with Crippen LogP contribution in [-0.2, 0) is 16.0 Å².